The summed E-state index contributed by atoms with van der Waals surface area (Å²) in [4.78, 5) is 15.6. The van der Waals surface area contributed by atoms with E-state index in [1.54, 1.807) is 13.3 Å². The van der Waals surface area contributed by atoms with Gasteiger partial charge in [0.15, 0.2) is 0 Å². The quantitative estimate of drug-likeness (QED) is 0.616. The van der Waals surface area contributed by atoms with Gasteiger partial charge >= 0.3 is 0 Å². The molecule has 4 N–H and O–H groups in total. The van der Waals surface area contributed by atoms with E-state index in [0.29, 0.717) is 31.8 Å². The van der Waals surface area contributed by atoms with Crippen LogP contribution in [0.25, 0.3) is 0 Å². The summed E-state index contributed by atoms with van der Waals surface area (Å²) < 4.78 is 4.84. The number of carbonyl (C=O) groups is 1. The normalized spacial score (nSPS) is 10.1. The molecule has 1 aromatic rings. The Kier molecular flexibility index (Phi) is 5.93. The van der Waals surface area contributed by atoms with Crippen LogP contribution in [0.3, 0.4) is 0 Å². The highest BCUT2D eigenvalue weighted by Crippen LogP contribution is 2.13. The van der Waals surface area contributed by atoms with Gasteiger partial charge in [0, 0.05) is 26.6 Å². The maximum atomic E-state index is 11.4. The maximum absolute atomic E-state index is 11.4. The van der Waals surface area contributed by atoms with Crippen molar-refractivity contribution in [2.24, 2.45) is 0 Å². The second-order valence-electron chi connectivity index (χ2n) is 3.95. The third-order valence-electron chi connectivity index (χ3n) is 2.37. The molecule has 1 rings (SSSR count). The smallest absolute Gasteiger partial charge is 0.221 e. The Balaban J connectivity index is 2.26. The molecule has 0 radical (unpaired) electrons. The van der Waals surface area contributed by atoms with Crippen LogP contribution >= 0.6 is 0 Å². The topological polar surface area (TPSA) is 89.3 Å². The lowest BCUT2D eigenvalue weighted by molar-refractivity contribution is -0.121. The molecule has 6 heteroatoms. The highest BCUT2D eigenvalue weighted by molar-refractivity contribution is 5.76. The number of nitrogens with zero attached hydrogens (tertiary/aromatic N) is 1. The molecule has 100 valence electrons. The molecule has 0 spiro atoms. The minimum Gasteiger partial charge on any atom is -0.397 e. The second-order valence-corrected chi connectivity index (χ2v) is 3.95. The molecule has 0 bridgehead atoms. The summed E-state index contributed by atoms with van der Waals surface area (Å²) >= 11 is 0. The molecule has 0 saturated heterocycles. The SMILES string of the molecule is COCCNC(=O)CCNc1ncc(N)cc1C. The summed E-state index contributed by atoms with van der Waals surface area (Å²) in [5, 5.41) is 5.85. The minimum atomic E-state index is -0.00681. The summed E-state index contributed by atoms with van der Waals surface area (Å²) in [6.45, 7) is 3.52. The number of hydrogen-bond donors (Lipinski definition) is 3. The molecule has 0 aliphatic heterocycles. The second kappa shape index (κ2) is 7.50. The van der Waals surface area contributed by atoms with Gasteiger partial charge in [-0.2, -0.15) is 0 Å². The Hall–Kier alpha value is -1.82. The standard InChI is InChI=1S/C12H20N4O2/c1-9-7-10(13)8-16-12(9)15-4-3-11(17)14-5-6-18-2/h7-8H,3-6,13H2,1-2H3,(H,14,17)(H,15,16). The Bertz CT molecular complexity index is 396. The van der Waals surface area contributed by atoms with Gasteiger partial charge in [0.25, 0.3) is 0 Å². The zero-order valence-electron chi connectivity index (χ0n) is 10.8. The van der Waals surface area contributed by atoms with Crippen LogP contribution in [0.15, 0.2) is 12.3 Å². The molecule has 0 atom stereocenters. The van der Waals surface area contributed by atoms with Gasteiger partial charge in [0.2, 0.25) is 5.91 Å². The number of carbonyl (C=O) groups excluding carboxylic acids is 1. The van der Waals surface area contributed by atoms with E-state index in [1.807, 2.05) is 13.0 Å². The van der Waals surface area contributed by atoms with E-state index in [9.17, 15) is 4.79 Å². The van der Waals surface area contributed by atoms with E-state index < -0.39 is 0 Å². The number of methoxy groups -OCH3 is 1. The molecule has 1 amide bonds. The van der Waals surface area contributed by atoms with Crippen LogP contribution < -0.4 is 16.4 Å². The van der Waals surface area contributed by atoms with Crippen LogP contribution in [0.5, 0.6) is 0 Å². The van der Waals surface area contributed by atoms with Gasteiger partial charge in [-0.25, -0.2) is 4.98 Å². The predicted molar refractivity (Wildman–Crippen MR) is 71.4 cm³/mol. The predicted octanol–water partition coefficient (Wildman–Crippen LogP) is 0.537. The molecule has 0 saturated carbocycles. The van der Waals surface area contributed by atoms with Gasteiger partial charge < -0.3 is 21.1 Å². The molecule has 1 aromatic heterocycles. The fourth-order valence-corrected chi connectivity index (χ4v) is 1.46. The van der Waals surface area contributed by atoms with Gasteiger partial charge in [-0.15, -0.1) is 0 Å². The van der Waals surface area contributed by atoms with Gasteiger partial charge in [0.1, 0.15) is 5.82 Å². The first-order chi connectivity index (χ1) is 8.63. The van der Waals surface area contributed by atoms with E-state index in [2.05, 4.69) is 15.6 Å². The number of nitrogen functional groups attached to an aromatic ring is 1. The first-order valence-electron chi connectivity index (χ1n) is 5.85. The van der Waals surface area contributed by atoms with Gasteiger partial charge in [-0.05, 0) is 18.6 Å². The lowest BCUT2D eigenvalue weighted by atomic mass is 10.2. The van der Waals surface area contributed by atoms with Gasteiger partial charge in [0.05, 0.1) is 18.5 Å². The minimum absolute atomic E-state index is 0.00681. The largest absolute Gasteiger partial charge is 0.397 e. The maximum Gasteiger partial charge on any atom is 0.221 e. The van der Waals surface area contributed by atoms with E-state index in [4.69, 9.17) is 10.5 Å². The summed E-state index contributed by atoms with van der Waals surface area (Å²) in [6, 6.07) is 1.84. The van der Waals surface area contributed by atoms with Crippen molar-refractivity contribution in [1.82, 2.24) is 10.3 Å². The molecule has 0 unspecified atom stereocenters. The number of rotatable bonds is 7. The first kappa shape index (κ1) is 14.2. The van der Waals surface area contributed by atoms with Crippen LogP contribution in [0, 0.1) is 6.92 Å². The molecular weight excluding hydrogens is 232 g/mol. The van der Waals surface area contributed by atoms with Crippen LogP contribution in [0.1, 0.15) is 12.0 Å². The molecule has 0 fully saturated rings. The highest BCUT2D eigenvalue weighted by atomic mass is 16.5. The zero-order chi connectivity index (χ0) is 13.4. The van der Waals surface area contributed by atoms with Crippen molar-refractivity contribution in [3.63, 3.8) is 0 Å². The number of anilines is 2. The highest BCUT2D eigenvalue weighted by Gasteiger charge is 2.02. The van der Waals surface area contributed by atoms with Crippen molar-refractivity contribution < 1.29 is 9.53 Å². The number of amides is 1. The van der Waals surface area contributed by atoms with E-state index in [1.165, 1.54) is 0 Å². The number of hydrogen-bond acceptors (Lipinski definition) is 5. The fourth-order valence-electron chi connectivity index (χ4n) is 1.46. The Morgan fingerprint density at radius 1 is 1.50 bits per heavy atom. The molecular formula is C12H20N4O2. The third-order valence-corrected chi connectivity index (χ3v) is 2.37. The molecule has 0 aliphatic carbocycles. The number of pyridine rings is 1. The molecule has 6 nitrogen and oxygen atoms in total. The zero-order valence-corrected chi connectivity index (χ0v) is 10.8. The van der Waals surface area contributed by atoms with Crippen molar-refractivity contribution in [2.45, 2.75) is 13.3 Å². The number of nitrogens with two attached hydrogens (primary N) is 1. The van der Waals surface area contributed by atoms with Gasteiger partial charge in [-0.1, -0.05) is 0 Å². The van der Waals surface area contributed by atoms with Crippen molar-refractivity contribution in [3.05, 3.63) is 17.8 Å². The summed E-state index contributed by atoms with van der Waals surface area (Å²) in [5.74, 6) is 0.751. The van der Waals surface area contributed by atoms with Crippen LogP contribution in [0.4, 0.5) is 11.5 Å². The first-order valence-corrected chi connectivity index (χ1v) is 5.85. The van der Waals surface area contributed by atoms with Crippen LogP contribution in [-0.4, -0.2) is 37.7 Å². The van der Waals surface area contributed by atoms with Crippen LogP contribution in [-0.2, 0) is 9.53 Å². The van der Waals surface area contributed by atoms with Gasteiger partial charge in [-0.3, -0.25) is 4.79 Å². The van der Waals surface area contributed by atoms with E-state index >= 15 is 0 Å². The fraction of sp³-hybridized carbons (Fsp3) is 0.500. The van der Waals surface area contributed by atoms with Crippen molar-refractivity contribution >= 4 is 17.4 Å². The Morgan fingerprint density at radius 3 is 2.94 bits per heavy atom. The van der Waals surface area contributed by atoms with Crippen molar-refractivity contribution in [2.75, 3.05) is 37.9 Å². The monoisotopic (exact) mass is 252 g/mol. The lowest BCUT2D eigenvalue weighted by Crippen LogP contribution is -2.28. The van der Waals surface area contributed by atoms with E-state index in [0.717, 1.165) is 11.4 Å². The van der Waals surface area contributed by atoms with Crippen molar-refractivity contribution in [3.8, 4) is 0 Å². The van der Waals surface area contributed by atoms with Crippen molar-refractivity contribution in [1.29, 1.82) is 0 Å². The summed E-state index contributed by atoms with van der Waals surface area (Å²) in [5.41, 5.74) is 7.21. The lowest BCUT2D eigenvalue weighted by Gasteiger charge is -2.09. The molecule has 1 heterocycles. The molecule has 0 aliphatic rings. The molecule has 18 heavy (non-hydrogen) atoms. The third kappa shape index (κ3) is 5.01. The van der Waals surface area contributed by atoms with E-state index in [-0.39, 0.29) is 5.91 Å². The number of nitrogens with one attached hydrogen (secondary N) is 2. The molecule has 0 aromatic carbocycles. The Morgan fingerprint density at radius 2 is 2.28 bits per heavy atom. The number of aryl methyl sites for hydroxylation is 1. The van der Waals surface area contributed by atoms with Crippen LogP contribution in [0.2, 0.25) is 0 Å². The number of ether oxygens (including phenoxy) is 1. The average molecular weight is 252 g/mol. The number of aromatic nitrogens is 1. The average Bonchev–Trinajstić information content (AvgIpc) is 2.32. The Labute approximate surface area is 107 Å². The summed E-state index contributed by atoms with van der Waals surface area (Å²) in [6.07, 6.45) is 1.99. The summed E-state index contributed by atoms with van der Waals surface area (Å²) in [7, 11) is 1.60.